The monoisotopic (exact) mass is 501 g/mol. The Morgan fingerprint density at radius 1 is 0.472 bits per heavy atom. The van der Waals surface area contributed by atoms with Crippen LogP contribution >= 0.6 is 0 Å². The molecule has 0 radical (unpaired) electrons. The van der Waals surface area contributed by atoms with Gasteiger partial charge >= 0.3 is 21.7 Å². The molecule has 0 fully saturated rings. The minimum atomic E-state index is 0. The van der Waals surface area contributed by atoms with Gasteiger partial charge in [0.1, 0.15) is 0 Å². The van der Waals surface area contributed by atoms with Crippen LogP contribution < -0.4 is 9.97 Å². The van der Waals surface area contributed by atoms with Crippen LogP contribution in [0.4, 0.5) is 11.4 Å². The zero-order valence-electron chi connectivity index (χ0n) is 20.0. The van der Waals surface area contributed by atoms with Crippen LogP contribution in [0.1, 0.15) is 11.1 Å². The maximum atomic E-state index is 4.44. The van der Waals surface area contributed by atoms with E-state index in [0.29, 0.717) is 0 Å². The summed E-state index contributed by atoms with van der Waals surface area (Å²) in [5.74, 6) is 0. The van der Waals surface area contributed by atoms with E-state index >= 15 is 0 Å². The summed E-state index contributed by atoms with van der Waals surface area (Å²) >= 11 is 0. The molecular formula is C31H25N4Ti+. The molecular weight excluding hydrogens is 476 g/mol. The van der Waals surface area contributed by atoms with Gasteiger partial charge in [-0.2, -0.15) is 12.4 Å². The van der Waals surface area contributed by atoms with Gasteiger partial charge in [-0.25, -0.2) is 0 Å². The molecule has 2 heterocycles. The Kier molecular flexibility index (Phi) is 9.76. The van der Waals surface area contributed by atoms with Crippen LogP contribution in [0.15, 0.2) is 132 Å². The maximum Gasteiger partial charge on any atom is 4.00 e. The third kappa shape index (κ3) is 6.57. The van der Waals surface area contributed by atoms with Gasteiger partial charge in [-0.3, -0.25) is 9.98 Å². The molecule has 0 saturated carbocycles. The summed E-state index contributed by atoms with van der Waals surface area (Å²) in [6.45, 7) is 0. The zero-order chi connectivity index (χ0) is 23.0. The van der Waals surface area contributed by atoms with E-state index in [0.717, 1.165) is 44.3 Å². The van der Waals surface area contributed by atoms with Crippen molar-refractivity contribution in [1.82, 2.24) is 9.97 Å². The number of aromatic nitrogens is 2. The van der Waals surface area contributed by atoms with E-state index in [1.54, 1.807) is 0 Å². The molecule has 0 bridgehead atoms. The van der Waals surface area contributed by atoms with Crippen LogP contribution in [-0.2, 0) is 21.7 Å². The van der Waals surface area contributed by atoms with Crippen molar-refractivity contribution in [2.75, 3.05) is 0 Å². The van der Waals surface area contributed by atoms with E-state index in [1.165, 1.54) is 0 Å². The average Bonchev–Trinajstić information content (AvgIpc) is 3.58. The van der Waals surface area contributed by atoms with E-state index in [9.17, 15) is 0 Å². The number of nitrogens with zero attached hydrogens (tertiary/aromatic N) is 4. The minimum Gasteiger partial charge on any atom is -0.663 e. The smallest absolute Gasteiger partial charge is 0.663 e. The molecule has 6 aromatic rings. The quantitative estimate of drug-likeness (QED) is 0.142. The van der Waals surface area contributed by atoms with Crippen molar-refractivity contribution < 1.29 is 21.7 Å². The number of hydrogen-bond acceptors (Lipinski definition) is 2. The molecule has 172 valence electrons. The summed E-state index contributed by atoms with van der Waals surface area (Å²) in [6.07, 6.45) is 7.38. The van der Waals surface area contributed by atoms with Gasteiger partial charge in [0.15, 0.2) is 0 Å². The molecule has 0 N–H and O–H groups in total. The average molecular weight is 501 g/mol. The molecule has 0 aliphatic heterocycles. The number of hydrogen-bond donors (Lipinski definition) is 0. The molecule has 0 unspecified atom stereocenters. The molecule has 0 atom stereocenters. The standard InChI is InChI=1S/2C15H11N2.CH3.Ti/c2*1-2-7-14(8-3-1)17-11-13-6-4-5-12-9-10-16-15(12)13;;/h2*1-11H;1H3;/q3*-1;+4. The molecule has 0 aliphatic carbocycles. The second kappa shape index (κ2) is 13.2. The van der Waals surface area contributed by atoms with Crippen molar-refractivity contribution in [1.29, 1.82) is 0 Å². The fourth-order valence-corrected chi connectivity index (χ4v) is 3.64. The second-order valence-corrected chi connectivity index (χ2v) is 7.65. The number of fused-ring (bicyclic) bond motifs is 2. The molecule has 0 aliphatic rings. The number of aliphatic imine (C=N–C) groups is 2. The van der Waals surface area contributed by atoms with Gasteiger partial charge < -0.3 is 17.4 Å². The molecule has 6 rings (SSSR count). The van der Waals surface area contributed by atoms with Crippen molar-refractivity contribution in [2.24, 2.45) is 9.98 Å². The number of benzene rings is 4. The topological polar surface area (TPSA) is 52.9 Å². The van der Waals surface area contributed by atoms with E-state index < -0.39 is 0 Å². The van der Waals surface area contributed by atoms with E-state index in [2.05, 4.69) is 32.1 Å². The fraction of sp³-hybridized carbons (Fsp3) is 0. The van der Waals surface area contributed by atoms with Crippen LogP contribution in [0.5, 0.6) is 0 Å². The van der Waals surface area contributed by atoms with E-state index in [-0.39, 0.29) is 29.1 Å². The van der Waals surface area contributed by atoms with E-state index in [1.807, 2.05) is 122 Å². The van der Waals surface area contributed by atoms with Gasteiger partial charge in [-0.15, -0.1) is 11.0 Å². The van der Waals surface area contributed by atoms with Gasteiger partial charge in [0, 0.05) is 12.4 Å². The van der Waals surface area contributed by atoms with Gasteiger partial charge in [0.25, 0.3) is 0 Å². The molecule has 4 nitrogen and oxygen atoms in total. The SMILES string of the molecule is C(=Nc1ccccc1)c1cccc2cc[n-]c12.C(=Nc1ccccc1)c1cccc2cc[n-]c12.[CH3-].[Ti+4]. The van der Waals surface area contributed by atoms with Crippen molar-refractivity contribution in [3.63, 3.8) is 0 Å². The summed E-state index contributed by atoms with van der Waals surface area (Å²) in [5.41, 5.74) is 6.03. The van der Waals surface area contributed by atoms with Crippen LogP contribution in [0, 0.1) is 7.43 Å². The molecule has 0 spiro atoms. The predicted molar refractivity (Wildman–Crippen MR) is 148 cm³/mol. The predicted octanol–water partition coefficient (Wildman–Crippen LogP) is 7.54. The third-order valence-corrected chi connectivity index (χ3v) is 5.33. The molecule has 36 heavy (non-hydrogen) atoms. The van der Waals surface area contributed by atoms with Crippen LogP contribution in [-0.4, -0.2) is 12.4 Å². The minimum absolute atomic E-state index is 0. The Morgan fingerprint density at radius 2 is 0.889 bits per heavy atom. The molecule has 4 aromatic carbocycles. The van der Waals surface area contributed by atoms with Gasteiger partial charge in [-0.1, -0.05) is 84.9 Å². The Hall–Kier alpha value is -3.99. The molecule has 0 amide bonds. The first-order valence-corrected chi connectivity index (χ1v) is 11.1. The normalized spacial score (nSPS) is 10.7. The summed E-state index contributed by atoms with van der Waals surface area (Å²) in [4.78, 5) is 17.6. The van der Waals surface area contributed by atoms with Crippen molar-refractivity contribution >= 4 is 45.6 Å². The first kappa shape index (κ1) is 26.6. The van der Waals surface area contributed by atoms with Crippen LogP contribution in [0.2, 0.25) is 0 Å². The van der Waals surface area contributed by atoms with Gasteiger partial charge in [0.05, 0.1) is 11.4 Å². The van der Waals surface area contributed by atoms with Crippen molar-refractivity contribution in [3.8, 4) is 0 Å². The Morgan fingerprint density at radius 3 is 1.31 bits per heavy atom. The zero-order valence-corrected chi connectivity index (χ0v) is 21.6. The molecule has 0 saturated heterocycles. The van der Waals surface area contributed by atoms with E-state index in [4.69, 9.17) is 0 Å². The first-order valence-electron chi connectivity index (χ1n) is 11.1. The van der Waals surface area contributed by atoms with Crippen molar-refractivity contribution in [3.05, 3.63) is 140 Å². The Balaban J connectivity index is 0.000000190. The van der Waals surface area contributed by atoms with Gasteiger partial charge in [-0.05, 0) is 46.2 Å². The fourth-order valence-electron chi connectivity index (χ4n) is 3.64. The van der Waals surface area contributed by atoms with Gasteiger partial charge in [0.2, 0.25) is 0 Å². The molecule has 2 aromatic heterocycles. The number of rotatable bonds is 4. The first-order chi connectivity index (χ1) is 16.9. The maximum absolute atomic E-state index is 4.44. The Bertz CT molecular complexity index is 1430. The van der Waals surface area contributed by atoms with Crippen molar-refractivity contribution in [2.45, 2.75) is 0 Å². The molecule has 5 heteroatoms. The van der Waals surface area contributed by atoms with Crippen LogP contribution in [0.25, 0.3) is 21.8 Å². The summed E-state index contributed by atoms with van der Waals surface area (Å²) in [5, 5.41) is 2.31. The van der Waals surface area contributed by atoms with Crippen LogP contribution in [0.3, 0.4) is 0 Å². The second-order valence-electron chi connectivity index (χ2n) is 7.65. The summed E-state index contributed by atoms with van der Waals surface area (Å²) < 4.78 is 0. The largest absolute Gasteiger partial charge is 4.00 e. The number of para-hydroxylation sites is 4. The summed E-state index contributed by atoms with van der Waals surface area (Å²) in [7, 11) is 0. The third-order valence-electron chi connectivity index (χ3n) is 5.33. The Labute approximate surface area is 226 Å². The summed E-state index contributed by atoms with van der Waals surface area (Å²) in [6, 6.07) is 36.1.